The van der Waals surface area contributed by atoms with Crippen LogP contribution in [0.25, 0.3) is 0 Å². The highest BCUT2D eigenvalue weighted by Crippen LogP contribution is 2.60. The Labute approximate surface area is 131 Å². The second-order valence-electron chi connectivity index (χ2n) is 8.31. The van der Waals surface area contributed by atoms with E-state index in [4.69, 9.17) is 5.73 Å². The van der Waals surface area contributed by atoms with Gasteiger partial charge in [0.1, 0.15) is 5.78 Å². The summed E-state index contributed by atoms with van der Waals surface area (Å²) in [6, 6.07) is -0.357. The molecule has 0 aromatic carbocycles. The Morgan fingerprint density at radius 1 is 1.23 bits per heavy atom. The molecule has 22 heavy (non-hydrogen) atoms. The first-order valence-electron chi connectivity index (χ1n) is 8.77. The third-order valence-electron chi connectivity index (χ3n) is 7.36. The number of ketones is 1. The topological polar surface area (TPSA) is 83.5 Å². The third-order valence-corrected chi connectivity index (χ3v) is 7.36. The maximum absolute atomic E-state index is 12.2. The van der Waals surface area contributed by atoms with Crippen LogP contribution in [-0.4, -0.2) is 34.2 Å². The Kier molecular flexibility index (Phi) is 3.30. The highest BCUT2D eigenvalue weighted by atomic mass is 16.3. The van der Waals surface area contributed by atoms with Crippen molar-refractivity contribution in [2.24, 2.45) is 34.8 Å². The molecule has 4 aliphatic carbocycles. The van der Waals surface area contributed by atoms with Gasteiger partial charge in [0.15, 0.2) is 0 Å². The van der Waals surface area contributed by atoms with Crippen LogP contribution >= 0.6 is 0 Å². The van der Waals surface area contributed by atoms with E-state index in [2.05, 4.69) is 6.92 Å². The first-order valence-corrected chi connectivity index (χ1v) is 8.77. The van der Waals surface area contributed by atoms with E-state index in [9.17, 15) is 15.0 Å². The Balaban J connectivity index is 1.69. The number of Topliss-reactive ketones (excluding diaryl/α,β-unsaturated/α-hetero) is 1. The summed E-state index contributed by atoms with van der Waals surface area (Å²) in [6.45, 7) is 2.15. The minimum absolute atomic E-state index is 0.140. The van der Waals surface area contributed by atoms with Crippen LogP contribution in [0.1, 0.15) is 45.4 Å². The highest BCUT2D eigenvalue weighted by Gasteiger charge is 2.59. The number of hydrogen-bond donors (Lipinski definition) is 3. The fraction of sp³-hybridized carbons (Fsp3) is 0.833. The molecule has 3 fully saturated rings. The summed E-state index contributed by atoms with van der Waals surface area (Å²) in [5.41, 5.74) is 7.32. The number of aliphatic hydroxyl groups excluding tert-OH is 2. The third kappa shape index (κ3) is 1.90. The molecule has 0 aromatic rings. The van der Waals surface area contributed by atoms with Gasteiger partial charge in [0.25, 0.3) is 0 Å². The van der Waals surface area contributed by atoms with Crippen molar-refractivity contribution in [1.82, 2.24) is 0 Å². The molecule has 0 unspecified atom stereocenters. The smallest absolute Gasteiger partial charge is 0.150 e. The molecular weight excluding hydrogens is 278 g/mol. The van der Waals surface area contributed by atoms with Gasteiger partial charge in [-0.2, -0.15) is 0 Å². The first-order chi connectivity index (χ1) is 10.4. The van der Waals surface area contributed by atoms with Gasteiger partial charge in [-0.05, 0) is 61.2 Å². The van der Waals surface area contributed by atoms with Crippen LogP contribution < -0.4 is 5.73 Å². The fourth-order valence-electron chi connectivity index (χ4n) is 6.12. The zero-order valence-electron chi connectivity index (χ0n) is 13.2. The number of hydrogen-bond acceptors (Lipinski definition) is 4. The second kappa shape index (κ2) is 4.89. The maximum Gasteiger partial charge on any atom is 0.150 e. The number of rotatable bonds is 0. The molecule has 0 amide bonds. The van der Waals surface area contributed by atoms with E-state index in [0.29, 0.717) is 24.7 Å². The second-order valence-corrected chi connectivity index (χ2v) is 8.31. The van der Waals surface area contributed by atoms with Crippen molar-refractivity contribution >= 4 is 5.78 Å². The molecule has 0 spiro atoms. The predicted molar refractivity (Wildman–Crippen MR) is 82.8 cm³/mol. The van der Waals surface area contributed by atoms with Crippen molar-refractivity contribution in [3.63, 3.8) is 0 Å². The van der Waals surface area contributed by atoms with E-state index in [0.717, 1.165) is 25.7 Å². The Hall–Kier alpha value is -0.710. The Morgan fingerprint density at radius 3 is 2.77 bits per heavy atom. The molecule has 0 aliphatic heterocycles. The zero-order chi connectivity index (χ0) is 15.6. The predicted octanol–water partition coefficient (Wildman–Crippen LogP) is 1.40. The lowest BCUT2D eigenvalue weighted by Crippen LogP contribution is -2.53. The molecule has 0 aromatic heterocycles. The summed E-state index contributed by atoms with van der Waals surface area (Å²) in [4.78, 5) is 12.2. The normalized spacial score (nSPS) is 54.3. The maximum atomic E-state index is 12.2. The summed E-state index contributed by atoms with van der Waals surface area (Å²) >= 11 is 0. The van der Waals surface area contributed by atoms with Crippen molar-refractivity contribution in [2.75, 3.05) is 0 Å². The van der Waals surface area contributed by atoms with E-state index in [1.807, 2.05) is 6.08 Å². The average molecular weight is 305 g/mol. The number of carbonyl (C=O) groups excluding carboxylic acids is 1. The van der Waals surface area contributed by atoms with Crippen molar-refractivity contribution < 1.29 is 15.0 Å². The van der Waals surface area contributed by atoms with Gasteiger partial charge in [0.2, 0.25) is 0 Å². The lowest BCUT2D eigenvalue weighted by Gasteiger charge is -2.54. The molecule has 0 bridgehead atoms. The van der Waals surface area contributed by atoms with E-state index >= 15 is 0 Å². The molecule has 0 saturated heterocycles. The number of aliphatic hydroxyl groups is 2. The first kappa shape index (κ1) is 14.9. The van der Waals surface area contributed by atoms with Gasteiger partial charge >= 0.3 is 0 Å². The van der Waals surface area contributed by atoms with Gasteiger partial charge in [-0.15, -0.1) is 0 Å². The van der Waals surface area contributed by atoms with Gasteiger partial charge in [0, 0.05) is 6.42 Å². The summed E-state index contributed by atoms with van der Waals surface area (Å²) in [7, 11) is 0. The summed E-state index contributed by atoms with van der Waals surface area (Å²) in [6.07, 6.45) is 6.43. The van der Waals surface area contributed by atoms with E-state index in [1.165, 1.54) is 5.57 Å². The Morgan fingerprint density at radius 2 is 2.00 bits per heavy atom. The van der Waals surface area contributed by atoms with Crippen molar-refractivity contribution in [1.29, 1.82) is 0 Å². The van der Waals surface area contributed by atoms with Gasteiger partial charge < -0.3 is 15.9 Å². The molecule has 4 rings (SSSR count). The molecule has 8 atom stereocenters. The van der Waals surface area contributed by atoms with Gasteiger partial charge in [-0.3, -0.25) is 4.79 Å². The molecule has 122 valence electrons. The van der Waals surface area contributed by atoms with Gasteiger partial charge in [-0.1, -0.05) is 18.6 Å². The molecule has 3 saturated carbocycles. The van der Waals surface area contributed by atoms with Crippen LogP contribution in [0, 0.1) is 29.1 Å². The van der Waals surface area contributed by atoms with Crippen LogP contribution in [0.5, 0.6) is 0 Å². The molecule has 4 heteroatoms. The quantitative estimate of drug-likeness (QED) is 0.591. The largest absolute Gasteiger partial charge is 0.393 e. The standard InChI is InChI=1S/C18H27NO3/c1-18-5-4-12-11-3-2-10(20)6-9(11)7-14(21)16(12)13(18)8-15(22)17(18)19/h7,10-14,16-17,20-21H,2-6,8,19H2,1H3/t10-,11-,12+,13-,14-,16+,17-,18-/m0/s1. The lowest BCUT2D eigenvalue weighted by atomic mass is 9.52. The van der Waals surface area contributed by atoms with Crippen molar-refractivity contribution in [3.8, 4) is 0 Å². The summed E-state index contributed by atoms with van der Waals surface area (Å²) in [5.74, 6) is 1.51. The minimum Gasteiger partial charge on any atom is -0.393 e. The SMILES string of the molecule is C[C@]12CC[C@H]3[C@@H]([C@@H](O)C=C4C[C@@H](O)CC[C@@H]43)[C@@H]1CC(=O)[C@@H]2N. The van der Waals surface area contributed by atoms with E-state index in [1.54, 1.807) is 0 Å². The van der Waals surface area contributed by atoms with Crippen LogP contribution in [0.3, 0.4) is 0 Å². The van der Waals surface area contributed by atoms with E-state index < -0.39 is 6.10 Å². The van der Waals surface area contributed by atoms with Crippen LogP contribution in [0.4, 0.5) is 0 Å². The van der Waals surface area contributed by atoms with Crippen LogP contribution in [0.15, 0.2) is 11.6 Å². The highest BCUT2D eigenvalue weighted by molar-refractivity contribution is 5.87. The molecule has 4 N–H and O–H groups in total. The van der Waals surface area contributed by atoms with Crippen LogP contribution in [-0.2, 0) is 4.79 Å². The Bertz CT molecular complexity index is 530. The average Bonchev–Trinajstić information content (AvgIpc) is 2.70. The number of fused-ring (bicyclic) bond motifs is 5. The molecular formula is C18H27NO3. The minimum atomic E-state index is -0.482. The number of carbonyl (C=O) groups is 1. The monoisotopic (exact) mass is 305 g/mol. The molecule has 4 aliphatic rings. The van der Waals surface area contributed by atoms with Crippen molar-refractivity contribution in [3.05, 3.63) is 11.6 Å². The van der Waals surface area contributed by atoms with Crippen molar-refractivity contribution in [2.45, 2.75) is 63.7 Å². The summed E-state index contributed by atoms with van der Waals surface area (Å²) in [5, 5.41) is 20.7. The molecule has 0 radical (unpaired) electrons. The van der Waals surface area contributed by atoms with Gasteiger partial charge in [0.05, 0.1) is 18.2 Å². The zero-order valence-corrected chi connectivity index (χ0v) is 13.2. The summed E-state index contributed by atoms with van der Waals surface area (Å²) < 4.78 is 0. The molecule has 4 nitrogen and oxygen atoms in total. The number of nitrogens with two attached hydrogens (primary N) is 1. The lowest BCUT2D eigenvalue weighted by molar-refractivity contribution is -0.119. The molecule has 0 heterocycles. The van der Waals surface area contributed by atoms with Crippen LogP contribution in [0.2, 0.25) is 0 Å². The van der Waals surface area contributed by atoms with E-state index in [-0.39, 0.29) is 35.2 Å². The fourth-order valence-corrected chi connectivity index (χ4v) is 6.12. The van der Waals surface area contributed by atoms with Gasteiger partial charge in [-0.25, -0.2) is 0 Å².